The maximum absolute atomic E-state index is 15.8. The molecule has 7 heterocycles. The second kappa shape index (κ2) is 28.1. The first-order valence-electron chi connectivity index (χ1n) is 30.7. The predicted molar refractivity (Wildman–Crippen MR) is 365 cm³/mol. The van der Waals surface area contributed by atoms with Crippen LogP contribution in [0.2, 0.25) is 0 Å². The summed E-state index contributed by atoms with van der Waals surface area (Å²) in [4.78, 5) is 57.1. The van der Waals surface area contributed by atoms with E-state index in [0.717, 1.165) is 5.56 Å². The molecule has 0 bridgehead atoms. The number of alkyl halides is 2. The van der Waals surface area contributed by atoms with Crippen LogP contribution in [0, 0.1) is 18.6 Å². The monoisotopic (exact) mass is 1320 g/mol. The van der Waals surface area contributed by atoms with Crippen molar-refractivity contribution in [2.75, 3.05) is 40.0 Å². The van der Waals surface area contributed by atoms with E-state index in [1.165, 1.54) is 31.5 Å². The summed E-state index contributed by atoms with van der Waals surface area (Å²) in [6.07, 6.45) is 12.7. The zero-order valence-electron chi connectivity index (χ0n) is 53.1. The number of halogens is 4. The van der Waals surface area contributed by atoms with Crippen molar-refractivity contribution in [3.63, 3.8) is 0 Å². The lowest BCUT2D eigenvalue weighted by atomic mass is 9.90. The molecular weight excluding hydrogens is 1260 g/mol. The van der Waals surface area contributed by atoms with Gasteiger partial charge >= 0.3 is 0 Å². The Morgan fingerprint density at radius 1 is 0.455 bits per heavy atom. The number of hydrogen-bond acceptors (Lipinski definition) is 19. The number of ether oxygens (including phenoxy) is 5. The number of aromatic nitrogens is 12. The van der Waals surface area contributed by atoms with Crippen LogP contribution in [0.4, 0.5) is 23.5 Å². The smallest absolute Gasteiger partial charge is 0.233 e. The Morgan fingerprint density at radius 3 is 1.92 bits per heavy atom. The maximum atomic E-state index is 15.8. The zero-order valence-corrected chi connectivity index (χ0v) is 53.1. The van der Waals surface area contributed by atoms with Gasteiger partial charge in [-0.05, 0) is 115 Å². The lowest BCUT2D eigenvalue weighted by Gasteiger charge is -2.34. The Balaban J connectivity index is 1.01. The molecule has 0 saturated carbocycles. The number of benzene rings is 7. The fourth-order valence-corrected chi connectivity index (χ4v) is 11.6. The SMILES string of the molecule is COc1ccc(C2C(c3nccc(-c4cccc(OC)c4)n3)=C(c3nnccc3-c3ccccc3-c3ncc(-c4nccc(-c5cc(C)ccc5F)n4)c(-c4cc(F)cc(OC)c4)n3)N=[C]N2c2nc(-c3cccc(OCF)c3)c(-c3ncccn3)c(-c3ccccc3OCF)n2)cc1. The molecule has 0 N–H and O–H groups in total. The van der Waals surface area contributed by atoms with Gasteiger partial charge in [0.05, 0.1) is 78.7 Å². The number of methoxy groups -OCH3 is 3. The van der Waals surface area contributed by atoms with E-state index >= 15 is 8.78 Å². The van der Waals surface area contributed by atoms with E-state index in [2.05, 4.69) is 16.4 Å². The molecule has 0 amide bonds. The van der Waals surface area contributed by atoms with Gasteiger partial charge in [0.2, 0.25) is 19.7 Å². The van der Waals surface area contributed by atoms with E-state index in [1.54, 1.807) is 153 Å². The highest BCUT2D eigenvalue weighted by atomic mass is 19.1. The van der Waals surface area contributed by atoms with Gasteiger partial charge in [-0.25, -0.2) is 72.4 Å². The minimum Gasteiger partial charge on any atom is -0.497 e. The Labute approximate surface area is 564 Å². The minimum absolute atomic E-state index is 0.0203. The molecule has 23 heteroatoms. The highest BCUT2D eigenvalue weighted by Crippen LogP contribution is 2.49. The first-order valence-corrected chi connectivity index (χ1v) is 30.7. The standard InChI is InChI=1S/C76H53F4N14O5/c1-44-20-25-60(80)58(34-44)62-28-32-83-73(89-62)59-40-85-72(90-66(59)48-35-49(79)39-53(38-48)97-4)56-17-6-5-16-54(56)55-26-33-87-93-69(55)70-65(75-84-31-27-61(88-75)46-12-9-14-51(36-46)96-3)71(45-21-23-50(95-2)24-22-45)94(43-86-70)76-91-67(47-13-10-15-52(37-47)98-41-77)64(74-81-29-11-30-82-74)68(92-76)57-18-7-8-19-63(57)99-42-78/h5-40,71H,41-42H2,1-4H3. The van der Waals surface area contributed by atoms with Gasteiger partial charge < -0.3 is 23.7 Å². The summed E-state index contributed by atoms with van der Waals surface area (Å²) in [5.74, 6) is 1.25. The van der Waals surface area contributed by atoms with Gasteiger partial charge in [0.25, 0.3) is 0 Å². The fourth-order valence-electron chi connectivity index (χ4n) is 11.6. The van der Waals surface area contributed by atoms with Crippen molar-refractivity contribution in [3.8, 4) is 130 Å². The van der Waals surface area contributed by atoms with Gasteiger partial charge in [-0.3, -0.25) is 4.90 Å². The van der Waals surface area contributed by atoms with Gasteiger partial charge in [0.15, 0.2) is 29.6 Å². The van der Waals surface area contributed by atoms with Crippen LogP contribution in [-0.2, 0) is 0 Å². The third-order valence-electron chi connectivity index (χ3n) is 16.2. The molecule has 7 aromatic carbocycles. The summed E-state index contributed by atoms with van der Waals surface area (Å²) >= 11 is 0. The molecule has 485 valence electrons. The maximum Gasteiger partial charge on any atom is 0.233 e. The van der Waals surface area contributed by atoms with Gasteiger partial charge in [0.1, 0.15) is 51.8 Å². The number of hydrogen-bond donors (Lipinski definition) is 0. The van der Waals surface area contributed by atoms with Crippen LogP contribution in [0.1, 0.15) is 28.7 Å². The zero-order chi connectivity index (χ0) is 67.9. The van der Waals surface area contributed by atoms with Crippen molar-refractivity contribution in [1.82, 2.24) is 60.0 Å². The molecule has 1 radical (unpaired) electrons. The molecule has 13 aromatic rings. The summed E-state index contributed by atoms with van der Waals surface area (Å²) in [7, 11) is 4.57. The molecule has 1 atom stereocenters. The van der Waals surface area contributed by atoms with E-state index in [9.17, 15) is 8.78 Å². The fraction of sp³-hybridized carbons (Fsp3) is 0.0921. The molecule has 99 heavy (non-hydrogen) atoms. The van der Waals surface area contributed by atoms with E-state index in [1.807, 2.05) is 67.6 Å². The largest absolute Gasteiger partial charge is 0.497 e. The highest BCUT2D eigenvalue weighted by Gasteiger charge is 2.38. The van der Waals surface area contributed by atoms with Gasteiger partial charge in [-0.2, -0.15) is 5.10 Å². The van der Waals surface area contributed by atoms with Crippen molar-refractivity contribution >= 4 is 23.6 Å². The molecule has 0 aliphatic carbocycles. The van der Waals surface area contributed by atoms with E-state index < -0.39 is 31.4 Å². The summed E-state index contributed by atoms with van der Waals surface area (Å²) < 4.78 is 87.9. The van der Waals surface area contributed by atoms with Gasteiger partial charge in [-0.1, -0.05) is 84.4 Å². The molecule has 1 aliphatic heterocycles. The van der Waals surface area contributed by atoms with Crippen LogP contribution in [-0.4, -0.2) is 101 Å². The number of aliphatic imine (C=N–C) groups is 1. The summed E-state index contributed by atoms with van der Waals surface area (Å²) in [6, 6.07) is 50.3. The van der Waals surface area contributed by atoms with Crippen molar-refractivity contribution in [1.29, 1.82) is 0 Å². The molecule has 0 saturated heterocycles. The van der Waals surface area contributed by atoms with Crippen molar-refractivity contribution in [2.24, 2.45) is 4.99 Å². The molecular formula is C76H53F4N14O5. The van der Waals surface area contributed by atoms with E-state index in [0.29, 0.717) is 84.1 Å². The second-order valence-corrected chi connectivity index (χ2v) is 22.1. The van der Waals surface area contributed by atoms with Crippen LogP contribution in [0.5, 0.6) is 28.7 Å². The third-order valence-corrected chi connectivity index (χ3v) is 16.2. The topological polar surface area (TPSA) is 216 Å². The van der Waals surface area contributed by atoms with Crippen LogP contribution < -0.4 is 28.6 Å². The highest BCUT2D eigenvalue weighted by molar-refractivity contribution is 6.05. The Kier molecular flexibility index (Phi) is 18.0. The average molecular weight is 1320 g/mol. The molecule has 0 fully saturated rings. The van der Waals surface area contributed by atoms with Crippen molar-refractivity contribution in [2.45, 2.75) is 13.0 Å². The number of para-hydroxylation sites is 1. The Morgan fingerprint density at radius 2 is 1.13 bits per heavy atom. The van der Waals surface area contributed by atoms with Crippen LogP contribution in [0.25, 0.3) is 113 Å². The molecule has 1 unspecified atom stereocenters. The second-order valence-electron chi connectivity index (χ2n) is 22.1. The quantitative estimate of drug-likeness (QED) is 0.0648. The average Bonchev–Trinajstić information content (AvgIpc) is 0.738. The predicted octanol–water partition coefficient (Wildman–Crippen LogP) is 15.7. The Bertz CT molecular complexity index is 5250. The van der Waals surface area contributed by atoms with Crippen LogP contribution >= 0.6 is 0 Å². The lowest BCUT2D eigenvalue weighted by molar-refractivity contribution is 0.191. The molecule has 19 nitrogen and oxygen atoms in total. The number of aryl methyl sites for hydroxylation is 1. The summed E-state index contributed by atoms with van der Waals surface area (Å²) in [5, 5.41) is 9.43. The van der Waals surface area contributed by atoms with Crippen LogP contribution in [0.15, 0.2) is 224 Å². The lowest BCUT2D eigenvalue weighted by Crippen LogP contribution is -2.34. The van der Waals surface area contributed by atoms with Crippen LogP contribution in [0.3, 0.4) is 0 Å². The number of nitrogens with zero attached hydrogens (tertiary/aromatic N) is 14. The molecule has 0 spiro atoms. The summed E-state index contributed by atoms with van der Waals surface area (Å²) in [5.41, 5.74) is 7.83. The molecule has 1 aliphatic rings. The molecule has 6 aromatic heterocycles. The van der Waals surface area contributed by atoms with Gasteiger partial charge in [-0.15, -0.1) is 5.10 Å². The molecule has 14 rings (SSSR count). The van der Waals surface area contributed by atoms with Gasteiger partial charge in [0, 0.05) is 76.0 Å². The van der Waals surface area contributed by atoms with E-state index in [-0.39, 0.29) is 80.5 Å². The number of rotatable bonds is 20. The van der Waals surface area contributed by atoms with E-state index in [4.69, 9.17) is 78.6 Å². The number of anilines is 1. The first kappa shape index (κ1) is 63.3. The van der Waals surface area contributed by atoms with Crippen molar-refractivity contribution in [3.05, 3.63) is 253 Å². The summed E-state index contributed by atoms with van der Waals surface area (Å²) in [6.45, 7) is -0.440. The Hall–Kier alpha value is -13.1. The normalized spacial score (nSPS) is 12.7. The minimum atomic E-state index is -1.18. The third kappa shape index (κ3) is 12.9. The van der Waals surface area contributed by atoms with Crippen molar-refractivity contribution < 1.29 is 41.2 Å². The first-order chi connectivity index (χ1) is 48.6.